The van der Waals surface area contributed by atoms with Gasteiger partial charge in [0.15, 0.2) is 0 Å². The van der Waals surface area contributed by atoms with E-state index in [4.69, 9.17) is 0 Å². The van der Waals surface area contributed by atoms with Crippen LogP contribution in [-0.4, -0.2) is 9.13 Å². The quantitative estimate of drug-likeness (QED) is 0.202. The summed E-state index contributed by atoms with van der Waals surface area (Å²) in [6, 6.07) is 60.1. The van der Waals surface area contributed by atoms with Gasteiger partial charge in [-0.1, -0.05) is 121 Å². The first-order chi connectivity index (χ1) is 22.8. The summed E-state index contributed by atoms with van der Waals surface area (Å²) in [5.74, 6) is 0. The van der Waals surface area contributed by atoms with Crippen LogP contribution in [0.5, 0.6) is 0 Å². The highest BCUT2D eigenvalue weighted by atomic mass is 15.0. The third-order valence-electron chi connectivity index (χ3n) is 9.19. The summed E-state index contributed by atoms with van der Waals surface area (Å²) in [6.07, 6.45) is 0. The summed E-state index contributed by atoms with van der Waals surface area (Å²) in [7, 11) is 0. The van der Waals surface area contributed by atoms with Crippen LogP contribution in [0.1, 0.15) is 5.56 Å². The second-order valence-corrected chi connectivity index (χ2v) is 11.7. The van der Waals surface area contributed by atoms with E-state index in [9.17, 15) is 5.26 Å². The van der Waals surface area contributed by atoms with E-state index >= 15 is 0 Å². The Hall–Kier alpha value is -6.37. The van der Waals surface area contributed by atoms with Crippen LogP contribution in [0, 0.1) is 11.3 Å². The lowest BCUT2D eigenvalue weighted by Crippen LogP contribution is -1.98. The molecule has 0 fully saturated rings. The predicted molar refractivity (Wildman–Crippen MR) is 191 cm³/mol. The standard InChI is InChI=1S/C43H27N3/c44-28-32-26-25-31(27-43(32)46-41-19-9-4-14-36(41)37-15-5-10-20-42(37)46)29-21-23-30(24-22-29)33-11-1-6-16-38(33)45-39-17-7-2-12-34(39)35-13-3-8-18-40(35)45/h1-27H. The van der Waals surface area contributed by atoms with Gasteiger partial charge in [-0.3, -0.25) is 0 Å². The molecule has 3 nitrogen and oxygen atoms in total. The Morgan fingerprint density at radius 2 is 0.783 bits per heavy atom. The van der Waals surface area contributed by atoms with Crippen molar-refractivity contribution in [2.24, 2.45) is 0 Å². The number of para-hydroxylation sites is 5. The summed E-state index contributed by atoms with van der Waals surface area (Å²) in [5, 5.41) is 15.0. The van der Waals surface area contributed by atoms with Gasteiger partial charge in [-0.15, -0.1) is 0 Å². The number of aromatic nitrogens is 2. The smallest absolute Gasteiger partial charge is 0.101 e. The van der Waals surface area contributed by atoms with Crippen molar-refractivity contribution in [1.29, 1.82) is 5.26 Å². The van der Waals surface area contributed by atoms with Gasteiger partial charge in [0.2, 0.25) is 0 Å². The Kier molecular flexibility index (Phi) is 5.88. The highest BCUT2D eigenvalue weighted by molar-refractivity contribution is 6.10. The van der Waals surface area contributed by atoms with Gasteiger partial charge in [-0.05, 0) is 59.2 Å². The Balaban J connectivity index is 1.17. The second kappa shape index (κ2) is 10.4. The molecule has 0 atom stereocenters. The maximum Gasteiger partial charge on any atom is 0.101 e. The third kappa shape index (κ3) is 3.91. The highest BCUT2D eigenvalue weighted by Crippen LogP contribution is 2.38. The minimum absolute atomic E-state index is 0.645. The molecule has 3 heteroatoms. The molecule has 0 radical (unpaired) electrons. The molecule has 0 saturated heterocycles. The number of nitriles is 1. The average Bonchev–Trinajstić information content (AvgIpc) is 3.64. The number of fused-ring (bicyclic) bond motifs is 6. The second-order valence-electron chi connectivity index (χ2n) is 11.7. The molecule has 0 spiro atoms. The molecule has 0 aliphatic rings. The van der Waals surface area contributed by atoms with Gasteiger partial charge in [0.25, 0.3) is 0 Å². The van der Waals surface area contributed by atoms with Crippen molar-refractivity contribution in [2.45, 2.75) is 0 Å². The molecule has 0 N–H and O–H groups in total. The number of hydrogen-bond donors (Lipinski definition) is 0. The molecule has 0 aliphatic heterocycles. The minimum Gasteiger partial charge on any atom is -0.309 e. The van der Waals surface area contributed by atoms with Crippen molar-refractivity contribution < 1.29 is 0 Å². The molecule has 0 aliphatic carbocycles. The minimum atomic E-state index is 0.645. The van der Waals surface area contributed by atoms with Crippen molar-refractivity contribution in [2.75, 3.05) is 0 Å². The van der Waals surface area contributed by atoms with Gasteiger partial charge in [-0.25, -0.2) is 0 Å². The van der Waals surface area contributed by atoms with Crippen LogP contribution >= 0.6 is 0 Å². The fourth-order valence-electron chi connectivity index (χ4n) is 7.11. The molecule has 214 valence electrons. The maximum absolute atomic E-state index is 10.2. The fraction of sp³-hybridized carbons (Fsp3) is 0. The first-order valence-corrected chi connectivity index (χ1v) is 15.5. The van der Waals surface area contributed by atoms with E-state index in [0.29, 0.717) is 5.56 Å². The van der Waals surface area contributed by atoms with Crippen LogP contribution in [0.3, 0.4) is 0 Å². The van der Waals surface area contributed by atoms with Gasteiger partial charge in [0, 0.05) is 27.1 Å². The zero-order valence-corrected chi connectivity index (χ0v) is 24.9. The fourth-order valence-corrected chi connectivity index (χ4v) is 7.11. The molecule has 9 aromatic rings. The van der Waals surface area contributed by atoms with Gasteiger partial charge >= 0.3 is 0 Å². The van der Waals surface area contributed by atoms with E-state index in [-0.39, 0.29) is 0 Å². The molecule has 0 bridgehead atoms. The van der Waals surface area contributed by atoms with E-state index < -0.39 is 0 Å². The number of rotatable bonds is 4. The monoisotopic (exact) mass is 585 g/mol. The van der Waals surface area contributed by atoms with Crippen LogP contribution in [0.4, 0.5) is 0 Å². The summed E-state index contributed by atoms with van der Waals surface area (Å²) in [4.78, 5) is 0. The van der Waals surface area contributed by atoms with Crippen molar-refractivity contribution in [3.8, 4) is 39.7 Å². The predicted octanol–water partition coefficient (Wildman–Crippen LogP) is 11.1. The molecule has 9 rings (SSSR count). The lowest BCUT2D eigenvalue weighted by atomic mass is 9.98. The van der Waals surface area contributed by atoms with Crippen LogP contribution < -0.4 is 0 Å². The zero-order valence-electron chi connectivity index (χ0n) is 24.9. The highest BCUT2D eigenvalue weighted by Gasteiger charge is 2.17. The SMILES string of the molecule is N#Cc1ccc(-c2ccc(-c3ccccc3-n3c4ccccc4c4ccccc43)cc2)cc1-n1c2ccccc2c2ccccc21. The molecule has 7 aromatic carbocycles. The first kappa shape index (κ1) is 26.1. The van der Waals surface area contributed by atoms with Gasteiger partial charge in [-0.2, -0.15) is 5.26 Å². The summed E-state index contributed by atoms with van der Waals surface area (Å²) < 4.78 is 4.61. The van der Waals surface area contributed by atoms with Gasteiger partial charge in [0.05, 0.1) is 39.0 Å². The molecule has 2 heterocycles. The van der Waals surface area contributed by atoms with E-state index in [1.54, 1.807) is 0 Å². The Morgan fingerprint density at radius 1 is 0.370 bits per heavy atom. The van der Waals surface area contributed by atoms with Crippen LogP contribution in [0.2, 0.25) is 0 Å². The van der Waals surface area contributed by atoms with Crippen molar-refractivity contribution in [1.82, 2.24) is 9.13 Å². The molecule has 0 unspecified atom stereocenters. The molecule has 2 aromatic heterocycles. The number of benzene rings is 7. The van der Waals surface area contributed by atoms with Crippen molar-refractivity contribution in [3.05, 3.63) is 169 Å². The first-order valence-electron chi connectivity index (χ1n) is 15.5. The summed E-state index contributed by atoms with van der Waals surface area (Å²) in [5.41, 5.74) is 11.8. The van der Waals surface area contributed by atoms with Crippen LogP contribution in [-0.2, 0) is 0 Å². The van der Waals surface area contributed by atoms with E-state index in [1.807, 2.05) is 6.07 Å². The average molecular weight is 586 g/mol. The Morgan fingerprint density at radius 3 is 1.30 bits per heavy atom. The summed E-state index contributed by atoms with van der Waals surface area (Å²) >= 11 is 0. The molecular formula is C43H27N3. The zero-order chi connectivity index (χ0) is 30.6. The van der Waals surface area contributed by atoms with Crippen LogP contribution in [0.25, 0.3) is 77.2 Å². The summed E-state index contributed by atoms with van der Waals surface area (Å²) in [6.45, 7) is 0. The molecule has 0 amide bonds. The largest absolute Gasteiger partial charge is 0.309 e. The Labute approximate surface area is 266 Å². The number of nitrogens with zero attached hydrogens (tertiary/aromatic N) is 3. The topological polar surface area (TPSA) is 33.6 Å². The lowest BCUT2D eigenvalue weighted by Gasteiger charge is -2.15. The van der Waals surface area contributed by atoms with Crippen LogP contribution in [0.15, 0.2) is 164 Å². The molecule has 46 heavy (non-hydrogen) atoms. The normalized spacial score (nSPS) is 11.5. The lowest BCUT2D eigenvalue weighted by molar-refractivity contribution is 1.17. The van der Waals surface area contributed by atoms with E-state index in [0.717, 1.165) is 39.1 Å². The van der Waals surface area contributed by atoms with Gasteiger partial charge < -0.3 is 9.13 Å². The van der Waals surface area contributed by atoms with Gasteiger partial charge in [0.1, 0.15) is 6.07 Å². The Bertz CT molecular complexity index is 2540. The molecular weight excluding hydrogens is 558 g/mol. The van der Waals surface area contributed by atoms with E-state index in [1.165, 1.54) is 38.1 Å². The maximum atomic E-state index is 10.2. The van der Waals surface area contributed by atoms with Crippen molar-refractivity contribution >= 4 is 43.6 Å². The number of hydrogen-bond acceptors (Lipinski definition) is 1. The third-order valence-corrected chi connectivity index (χ3v) is 9.19. The van der Waals surface area contributed by atoms with Crippen molar-refractivity contribution in [3.63, 3.8) is 0 Å². The molecule has 0 saturated carbocycles. The van der Waals surface area contributed by atoms with E-state index in [2.05, 4.69) is 173 Å².